The highest BCUT2D eigenvalue weighted by atomic mass is 16.2. The van der Waals surface area contributed by atoms with Crippen LogP contribution >= 0.6 is 0 Å². The van der Waals surface area contributed by atoms with E-state index < -0.39 is 11.9 Å². The minimum atomic E-state index is -0.598. The van der Waals surface area contributed by atoms with Gasteiger partial charge >= 0.3 is 0 Å². The van der Waals surface area contributed by atoms with Gasteiger partial charge < -0.3 is 15.5 Å². The Kier molecular flexibility index (Phi) is 4.28. The van der Waals surface area contributed by atoms with E-state index in [1.807, 2.05) is 18.2 Å². The van der Waals surface area contributed by atoms with Gasteiger partial charge in [-0.3, -0.25) is 19.7 Å². The van der Waals surface area contributed by atoms with Crippen molar-refractivity contribution in [3.05, 3.63) is 58.3 Å². The first-order valence-corrected chi connectivity index (χ1v) is 9.79. The first-order chi connectivity index (χ1) is 14.1. The second-order valence-electron chi connectivity index (χ2n) is 7.60. The monoisotopic (exact) mass is 391 g/mol. The number of pyridine rings is 1. The van der Waals surface area contributed by atoms with Crippen LogP contribution in [0.2, 0.25) is 0 Å². The summed E-state index contributed by atoms with van der Waals surface area (Å²) < 4.78 is 0. The summed E-state index contributed by atoms with van der Waals surface area (Å²) in [6, 6.07) is 9.10. The fourth-order valence-corrected chi connectivity index (χ4v) is 4.26. The van der Waals surface area contributed by atoms with Crippen LogP contribution in [0.3, 0.4) is 0 Å². The molecule has 1 fully saturated rings. The summed E-state index contributed by atoms with van der Waals surface area (Å²) in [6.07, 6.45) is 0.620. The number of nitrogens with zero attached hydrogens (tertiary/aromatic N) is 2. The quantitative estimate of drug-likeness (QED) is 0.674. The Balaban J connectivity index is 1.34. The molecular weight excluding hydrogens is 370 g/mol. The average molecular weight is 391 g/mol. The Morgan fingerprint density at radius 1 is 1.14 bits per heavy atom. The molecule has 1 atom stereocenters. The van der Waals surface area contributed by atoms with Gasteiger partial charge in [0.2, 0.25) is 11.8 Å². The zero-order valence-corrected chi connectivity index (χ0v) is 15.8. The van der Waals surface area contributed by atoms with Gasteiger partial charge in [-0.1, -0.05) is 18.2 Å². The lowest BCUT2D eigenvalue weighted by molar-refractivity contribution is -0.136. The largest absolute Gasteiger partial charge is 0.366 e. The third kappa shape index (κ3) is 3.15. The van der Waals surface area contributed by atoms with Gasteiger partial charge in [0.15, 0.2) is 0 Å². The van der Waals surface area contributed by atoms with Gasteiger partial charge in [-0.15, -0.1) is 0 Å². The summed E-state index contributed by atoms with van der Waals surface area (Å²) in [6.45, 7) is 2.55. The van der Waals surface area contributed by atoms with E-state index in [1.165, 1.54) is 5.56 Å². The molecule has 5 rings (SSSR count). The molecule has 148 valence electrons. The first-order valence-electron chi connectivity index (χ1n) is 9.79. The van der Waals surface area contributed by atoms with Crippen LogP contribution in [0.5, 0.6) is 0 Å². The van der Waals surface area contributed by atoms with Crippen LogP contribution in [-0.2, 0) is 35.8 Å². The maximum absolute atomic E-state index is 12.9. The van der Waals surface area contributed by atoms with Crippen LogP contribution in [0.1, 0.15) is 45.6 Å². The van der Waals surface area contributed by atoms with Crippen molar-refractivity contribution in [3.8, 4) is 0 Å². The van der Waals surface area contributed by atoms with Crippen molar-refractivity contribution in [2.45, 2.75) is 45.1 Å². The molecule has 3 aliphatic heterocycles. The van der Waals surface area contributed by atoms with Crippen molar-refractivity contribution in [3.63, 3.8) is 0 Å². The smallest absolute Gasteiger partial charge is 0.255 e. The molecule has 0 spiro atoms. The number of carbonyl (C=O) groups excluding carboxylic acids is 3. The molecule has 8 heteroatoms. The first kappa shape index (κ1) is 17.8. The number of imide groups is 1. The lowest BCUT2D eigenvalue weighted by Gasteiger charge is -2.29. The Hall–Kier alpha value is -3.26. The van der Waals surface area contributed by atoms with Gasteiger partial charge in [-0.2, -0.15) is 0 Å². The van der Waals surface area contributed by atoms with Gasteiger partial charge in [-0.05, 0) is 35.2 Å². The number of piperidine rings is 1. The van der Waals surface area contributed by atoms with Crippen LogP contribution in [-0.4, -0.2) is 33.6 Å². The zero-order chi connectivity index (χ0) is 20.0. The van der Waals surface area contributed by atoms with Crippen LogP contribution in [0.25, 0.3) is 0 Å². The predicted molar refractivity (Wildman–Crippen MR) is 105 cm³/mol. The summed E-state index contributed by atoms with van der Waals surface area (Å²) in [4.78, 5) is 42.8. The second-order valence-corrected chi connectivity index (χ2v) is 7.60. The lowest BCUT2D eigenvalue weighted by atomic mass is 10.0. The number of nitrogens with one attached hydrogen (secondary N) is 3. The van der Waals surface area contributed by atoms with E-state index >= 15 is 0 Å². The highest BCUT2D eigenvalue weighted by molar-refractivity contribution is 6.05. The number of anilines is 1. The van der Waals surface area contributed by atoms with Crippen molar-refractivity contribution in [1.29, 1.82) is 0 Å². The Bertz CT molecular complexity index is 1030. The molecule has 8 nitrogen and oxygen atoms in total. The number of amides is 3. The van der Waals surface area contributed by atoms with Crippen molar-refractivity contribution in [2.24, 2.45) is 0 Å². The van der Waals surface area contributed by atoms with Crippen molar-refractivity contribution in [1.82, 2.24) is 20.5 Å². The molecular formula is C21H21N5O3. The van der Waals surface area contributed by atoms with Gasteiger partial charge in [0.25, 0.3) is 5.91 Å². The molecule has 3 amide bonds. The molecule has 1 saturated heterocycles. The Morgan fingerprint density at radius 3 is 2.90 bits per heavy atom. The van der Waals surface area contributed by atoms with Crippen LogP contribution < -0.4 is 16.0 Å². The van der Waals surface area contributed by atoms with E-state index in [1.54, 1.807) is 11.0 Å². The third-order valence-corrected chi connectivity index (χ3v) is 5.82. The number of aromatic nitrogens is 1. The number of rotatable bonds is 4. The second kappa shape index (κ2) is 6.97. The highest BCUT2D eigenvalue weighted by Crippen LogP contribution is 2.30. The Morgan fingerprint density at radius 2 is 2.03 bits per heavy atom. The van der Waals surface area contributed by atoms with E-state index in [0.29, 0.717) is 25.1 Å². The molecule has 1 aromatic carbocycles. The van der Waals surface area contributed by atoms with Gasteiger partial charge in [0.05, 0.1) is 5.69 Å². The third-order valence-electron chi connectivity index (χ3n) is 5.82. The van der Waals surface area contributed by atoms with Crippen molar-refractivity contribution in [2.75, 3.05) is 5.32 Å². The van der Waals surface area contributed by atoms with Crippen molar-refractivity contribution < 1.29 is 14.4 Å². The van der Waals surface area contributed by atoms with Crippen molar-refractivity contribution >= 4 is 23.5 Å². The van der Waals surface area contributed by atoms with E-state index in [4.69, 9.17) is 0 Å². The molecule has 3 aliphatic rings. The molecule has 0 aliphatic carbocycles. The molecule has 0 radical (unpaired) electrons. The standard InChI is InChI=1S/C21H21N5O3/c27-19-7-5-17(20(28)25-19)26-11-15-12(2-1-3-14(15)21(26)29)9-23-18-6-4-13-8-22-10-16(13)24-18/h1-4,6,17,22H,5,7-11H2,(H,23,24)(H,25,27,28). The average Bonchev–Trinajstić information content (AvgIpc) is 3.31. The summed E-state index contributed by atoms with van der Waals surface area (Å²) in [5.41, 5.74) is 4.85. The molecule has 3 N–H and O–H groups in total. The summed E-state index contributed by atoms with van der Waals surface area (Å²) in [5, 5.41) is 8.97. The minimum absolute atomic E-state index is 0.155. The molecule has 4 heterocycles. The van der Waals surface area contributed by atoms with E-state index in [-0.39, 0.29) is 18.2 Å². The van der Waals surface area contributed by atoms with E-state index in [0.717, 1.165) is 35.7 Å². The maximum Gasteiger partial charge on any atom is 0.255 e. The van der Waals surface area contributed by atoms with E-state index in [9.17, 15) is 14.4 Å². The summed E-state index contributed by atoms with van der Waals surface area (Å²) >= 11 is 0. The lowest BCUT2D eigenvalue weighted by Crippen LogP contribution is -2.52. The minimum Gasteiger partial charge on any atom is -0.366 e. The maximum atomic E-state index is 12.9. The van der Waals surface area contributed by atoms with Crippen LogP contribution in [0, 0.1) is 0 Å². The van der Waals surface area contributed by atoms with E-state index in [2.05, 4.69) is 27.0 Å². The number of benzene rings is 1. The number of hydrogen-bond acceptors (Lipinski definition) is 6. The Labute approximate surface area is 167 Å². The number of fused-ring (bicyclic) bond motifs is 2. The van der Waals surface area contributed by atoms with Gasteiger partial charge in [-0.25, -0.2) is 4.98 Å². The molecule has 0 bridgehead atoms. The molecule has 2 aromatic rings. The predicted octanol–water partition coefficient (Wildman–Crippen LogP) is 1.06. The normalized spacial score (nSPS) is 20.5. The summed E-state index contributed by atoms with van der Waals surface area (Å²) in [5.74, 6) is -0.0233. The van der Waals surface area contributed by atoms with Gasteiger partial charge in [0, 0.05) is 38.2 Å². The highest BCUT2D eigenvalue weighted by Gasteiger charge is 2.39. The van der Waals surface area contributed by atoms with Crippen LogP contribution in [0.15, 0.2) is 30.3 Å². The summed E-state index contributed by atoms with van der Waals surface area (Å²) in [7, 11) is 0. The number of hydrogen-bond donors (Lipinski definition) is 3. The fourth-order valence-electron chi connectivity index (χ4n) is 4.26. The molecule has 29 heavy (non-hydrogen) atoms. The van der Waals surface area contributed by atoms with Crippen LogP contribution in [0.4, 0.5) is 5.82 Å². The molecule has 1 unspecified atom stereocenters. The zero-order valence-electron chi connectivity index (χ0n) is 15.8. The number of carbonyl (C=O) groups is 3. The topological polar surface area (TPSA) is 103 Å². The fraction of sp³-hybridized carbons (Fsp3) is 0.333. The SMILES string of the molecule is O=C1CCC(N2Cc3c(CNc4ccc5c(n4)CNC5)cccc3C2=O)C(=O)N1. The van der Waals surface area contributed by atoms with Gasteiger partial charge in [0.1, 0.15) is 11.9 Å². The molecule has 1 aromatic heterocycles. The molecule has 0 saturated carbocycles.